The summed E-state index contributed by atoms with van der Waals surface area (Å²) in [6.07, 6.45) is 0. The first-order valence-electron chi connectivity index (χ1n) is 10.0. The van der Waals surface area contributed by atoms with Gasteiger partial charge in [-0.05, 0) is 73.5 Å². The van der Waals surface area contributed by atoms with E-state index in [0.717, 1.165) is 16.5 Å². The second-order valence-corrected chi connectivity index (χ2v) is 7.65. The van der Waals surface area contributed by atoms with Crippen LogP contribution in [0.5, 0.6) is 5.75 Å². The number of halogens is 2. The summed E-state index contributed by atoms with van der Waals surface area (Å²) in [4.78, 5) is 27.8. The summed E-state index contributed by atoms with van der Waals surface area (Å²) in [5.41, 5.74) is 2.44. The lowest BCUT2D eigenvalue weighted by Crippen LogP contribution is -2.32. The van der Waals surface area contributed by atoms with Crippen molar-refractivity contribution in [3.63, 3.8) is 0 Å². The van der Waals surface area contributed by atoms with Crippen LogP contribution in [0.3, 0.4) is 0 Å². The molecule has 0 fully saturated rings. The number of rotatable bonds is 6. The van der Waals surface area contributed by atoms with Crippen LogP contribution in [-0.4, -0.2) is 18.4 Å². The summed E-state index contributed by atoms with van der Waals surface area (Å²) in [5.74, 6) is -1.00. The molecule has 1 aliphatic heterocycles. The maximum Gasteiger partial charge on any atom is 0.282 e. The fraction of sp³-hybridized carbons (Fsp3) is 0.120. The summed E-state index contributed by atoms with van der Waals surface area (Å²) in [5, 5.41) is 3.66. The third-order valence-electron chi connectivity index (χ3n) is 5.05. The van der Waals surface area contributed by atoms with Gasteiger partial charge < -0.3 is 10.1 Å². The molecule has 0 bridgehead atoms. The molecular weight excluding hydrogens is 431 g/mol. The van der Waals surface area contributed by atoms with Gasteiger partial charge in [-0.1, -0.05) is 29.8 Å². The molecule has 3 aromatic rings. The molecule has 1 N–H and O–H groups in total. The van der Waals surface area contributed by atoms with Crippen molar-refractivity contribution in [2.45, 2.75) is 13.8 Å². The van der Waals surface area contributed by atoms with Gasteiger partial charge in [-0.25, -0.2) is 9.29 Å². The zero-order valence-corrected chi connectivity index (χ0v) is 18.2. The van der Waals surface area contributed by atoms with Gasteiger partial charge in [0.1, 0.15) is 17.3 Å². The number of carbonyl (C=O) groups excluding carboxylic acids is 2. The number of imide groups is 1. The van der Waals surface area contributed by atoms with Gasteiger partial charge in [-0.3, -0.25) is 9.59 Å². The predicted molar refractivity (Wildman–Crippen MR) is 123 cm³/mol. The predicted octanol–water partition coefficient (Wildman–Crippen LogP) is 5.58. The molecule has 0 spiro atoms. The molecule has 2 amide bonds. The molecule has 32 heavy (non-hydrogen) atoms. The standard InChI is InChI=1S/C25H20ClFN2O3/c1-3-32-20-10-7-16(8-11-20)22-23(28-21-12-9-17(26)13-15(21)2)25(31)29(24(22)30)19-6-4-5-18(27)14-19/h4-14,28H,3H2,1-2H3. The third-order valence-corrected chi connectivity index (χ3v) is 5.29. The quantitative estimate of drug-likeness (QED) is 0.498. The SMILES string of the molecule is CCOc1ccc(C2=C(Nc3ccc(Cl)cc3C)C(=O)N(c3cccc(F)c3)C2=O)cc1. The average Bonchev–Trinajstić information content (AvgIpc) is 3.00. The van der Waals surface area contributed by atoms with Gasteiger partial charge in [0.05, 0.1) is 17.9 Å². The Morgan fingerprint density at radius 3 is 2.41 bits per heavy atom. The lowest BCUT2D eigenvalue weighted by atomic mass is 10.0. The Bertz CT molecular complexity index is 1240. The Morgan fingerprint density at radius 2 is 1.75 bits per heavy atom. The molecule has 0 aliphatic carbocycles. The van der Waals surface area contributed by atoms with Crippen molar-refractivity contribution in [3.8, 4) is 5.75 Å². The zero-order valence-electron chi connectivity index (χ0n) is 17.5. The smallest absolute Gasteiger partial charge is 0.282 e. The maximum absolute atomic E-state index is 13.8. The van der Waals surface area contributed by atoms with Gasteiger partial charge in [0.2, 0.25) is 0 Å². The molecular formula is C25H20ClFN2O3. The summed E-state index contributed by atoms with van der Waals surface area (Å²) >= 11 is 6.05. The van der Waals surface area contributed by atoms with Crippen molar-refractivity contribution in [1.29, 1.82) is 0 Å². The normalized spacial score (nSPS) is 13.7. The van der Waals surface area contributed by atoms with Gasteiger partial charge in [-0.2, -0.15) is 0 Å². The third kappa shape index (κ3) is 4.09. The van der Waals surface area contributed by atoms with Crippen molar-refractivity contribution in [3.05, 3.63) is 94.4 Å². The molecule has 3 aromatic carbocycles. The Morgan fingerprint density at radius 1 is 1.00 bits per heavy atom. The summed E-state index contributed by atoms with van der Waals surface area (Å²) in [7, 11) is 0. The van der Waals surface area contributed by atoms with Crippen LogP contribution < -0.4 is 15.0 Å². The summed E-state index contributed by atoms with van der Waals surface area (Å²) in [6, 6.07) is 17.5. The van der Waals surface area contributed by atoms with Crippen LogP contribution in [-0.2, 0) is 9.59 Å². The molecule has 0 atom stereocenters. The largest absolute Gasteiger partial charge is 0.494 e. The first kappa shape index (κ1) is 21.6. The van der Waals surface area contributed by atoms with Crippen LogP contribution in [0.25, 0.3) is 5.57 Å². The number of nitrogens with one attached hydrogen (secondary N) is 1. The lowest BCUT2D eigenvalue weighted by Gasteiger charge is -2.16. The summed E-state index contributed by atoms with van der Waals surface area (Å²) < 4.78 is 19.3. The van der Waals surface area contributed by atoms with E-state index < -0.39 is 17.6 Å². The van der Waals surface area contributed by atoms with E-state index in [1.54, 1.807) is 42.5 Å². The molecule has 7 heteroatoms. The van der Waals surface area contributed by atoms with Crippen LogP contribution in [0, 0.1) is 12.7 Å². The van der Waals surface area contributed by atoms with Crippen LogP contribution in [0.1, 0.15) is 18.1 Å². The number of aryl methyl sites for hydroxylation is 1. The average molecular weight is 451 g/mol. The van der Waals surface area contributed by atoms with Gasteiger partial charge >= 0.3 is 0 Å². The van der Waals surface area contributed by atoms with E-state index >= 15 is 0 Å². The first-order chi connectivity index (χ1) is 15.4. The molecule has 0 saturated carbocycles. The highest BCUT2D eigenvalue weighted by Gasteiger charge is 2.40. The molecule has 0 unspecified atom stereocenters. The van der Waals surface area contributed by atoms with Crippen molar-refractivity contribution < 1.29 is 18.7 Å². The number of ether oxygens (including phenoxy) is 1. The van der Waals surface area contributed by atoms with Crippen molar-refractivity contribution in [2.75, 3.05) is 16.8 Å². The number of benzene rings is 3. The first-order valence-corrected chi connectivity index (χ1v) is 10.4. The minimum absolute atomic E-state index is 0.105. The minimum Gasteiger partial charge on any atom is -0.494 e. The van der Waals surface area contributed by atoms with Crippen molar-refractivity contribution >= 4 is 40.4 Å². The van der Waals surface area contributed by atoms with Gasteiger partial charge in [0, 0.05) is 10.7 Å². The number of amides is 2. The highest BCUT2D eigenvalue weighted by molar-refractivity contribution is 6.46. The van der Waals surface area contributed by atoms with Gasteiger partial charge in [-0.15, -0.1) is 0 Å². The Balaban J connectivity index is 1.81. The molecule has 0 radical (unpaired) electrons. The maximum atomic E-state index is 13.8. The molecule has 5 nitrogen and oxygen atoms in total. The van der Waals surface area contributed by atoms with E-state index in [1.807, 2.05) is 13.8 Å². The second-order valence-electron chi connectivity index (χ2n) is 7.22. The van der Waals surface area contributed by atoms with Crippen LogP contribution in [0.15, 0.2) is 72.4 Å². The molecule has 0 saturated heterocycles. The van der Waals surface area contributed by atoms with Gasteiger partial charge in [0.15, 0.2) is 0 Å². The fourth-order valence-corrected chi connectivity index (χ4v) is 3.78. The molecule has 4 rings (SSSR count). The summed E-state index contributed by atoms with van der Waals surface area (Å²) in [6.45, 7) is 4.23. The highest BCUT2D eigenvalue weighted by Crippen LogP contribution is 2.35. The highest BCUT2D eigenvalue weighted by atomic mass is 35.5. The van der Waals surface area contributed by atoms with Crippen LogP contribution in [0.2, 0.25) is 5.02 Å². The Hall–Kier alpha value is -3.64. The van der Waals surface area contributed by atoms with E-state index in [0.29, 0.717) is 28.6 Å². The molecule has 1 heterocycles. The van der Waals surface area contributed by atoms with E-state index in [1.165, 1.54) is 18.2 Å². The fourth-order valence-electron chi connectivity index (χ4n) is 3.55. The van der Waals surface area contributed by atoms with E-state index in [-0.39, 0.29) is 17.0 Å². The van der Waals surface area contributed by atoms with Crippen LogP contribution >= 0.6 is 11.6 Å². The van der Waals surface area contributed by atoms with E-state index in [2.05, 4.69) is 5.32 Å². The number of carbonyl (C=O) groups is 2. The lowest BCUT2D eigenvalue weighted by molar-refractivity contribution is -0.120. The van der Waals surface area contributed by atoms with E-state index in [4.69, 9.17) is 16.3 Å². The number of nitrogens with zero attached hydrogens (tertiary/aromatic N) is 1. The number of hydrogen-bond acceptors (Lipinski definition) is 4. The van der Waals surface area contributed by atoms with Gasteiger partial charge in [0.25, 0.3) is 11.8 Å². The van der Waals surface area contributed by atoms with E-state index in [9.17, 15) is 14.0 Å². The number of hydrogen-bond donors (Lipinski definition) is 1. The van der Waals surface area contributed by atoms with Crippen LogP contribution in [0.4, 0.5) is 15.8 Å². The monoisotopic (exact) mass is 450 g/mol. The molecule has 0 aromatic heterocycles. The zero-order chi connectivity index (χ0) is 22.8. The topological polar surface area (TPSA) is 58.6 Å². The minimum atomic E-state index is -0.571. The Labute approximate surface area is 190 Å². The number of anilines is 2. The second kappa shape index (κ2) is 8.85. The van der Waals surface area contributed by atoms with Crippen molar-refractivity contribution in [1.82, 2.24) is 0 Å². The molecule has 162 valence electrons. The van der Waals surface area contributed by atoms with Crippen molar-refractivity contribution in [2.24, 2.45) is 0 Å². The molecule has 1 aliphatic rings. The Kier molecular flexibility index (Phi) is 5.97.